The Kier molecular flexibility index (Phi) is 2.95. The third-order valence-electron chi connectivity index (χ3n) is 2.17. The predicted octanol–water partition coefficient (Wildman–Crippen LogP) is -0.621. The second-order valence-electron chi connectivity index (χ2n) is 3.39. The molecule has 0 aliphatic rings. The number of nitrogens with one attached hydrogen (secondary N) is 3. The van der Waals surface area contributed by atoms with Gasteiger partial charge < -0.3 is 10.3 Å². The summed E-state index contributed by atoms with van der Waals surface area (Å²) >= 11 is 0. The molecule has 0 saturated carbocycles. The molecule has 1 amide bonds. The van der Waals surface area contributed by atoms with Crippen LogP contribution < -0.4 is 10.7 Å². The first-order valence-electron chi connectivity index (χ1n) is 4.90. The Labute approximate surface area is 95.4 Å². The normalized spacial score (nSPS) is 12.1. The minimum Gasteiger partial charge on any atom is -0.367 e. The van der Waals surface area contributed by atoms with Gasteiger partial charge in [0.2, 0.25) is 0 Å². The fourth-order valence-electron chi connectivity index (χ4n) is 1.29. The van der Waals surface area contributed by atoms with Gasteiger partial charge in [0.1, 0.15) is 5.56 Å². The highest BCUT2D eigenvalue weighted by atomic mass is 16.2. The molecule has 0 saturated heterocycles. The molecule has 0 bridgehead atoms. The van der Waals surface area contributed by atoms with E-state index in [4.69, 9.17) is 0 Å². The molecular formula is C9H10N6O2. The highest BCUT2D eigenvalue weighted by molar-refractivity contribution is 5.93. The maximum Gasteiger partial charge on any atom is 0.257 e. The first-order chi connectivity index (χ1) is 8.18. The van der Waals surface area contributed by atoms with Crippen molar-refractivity contribution < 1.29 is 4.79 Å². The van der Waals surface area contributed by atoms with E-state index in [1.807, 2.05) is 0 Å². The number of rotatable bonds is 3. The Morgan fingerprint density at radius 2 is 2.35 bits per heavy atom. The van der Waals surface area contributed by atoms with Gasteiger partial charge in [-0.2, -0.15) is 5.21 Å². The quantitative estimate of drug-likeness (QED) is 0.654. The molecule has 0 aliphatic heterocycles. The van der Waals surface area contributed by atoms with Crippen LogP contribution in [-0.4, -0.2) is 31.5 Å². The molecule has 2 heterocycles. The molecule has 0 radical (unpaired) electrons. The van der Waals surface area contributed by atoms with Crippen molar-refractivity contribution in [3.8, 4) is 0 Å². The number of pyridine rings is 1. The molecule has 2 rings (SSSR count). The summed E-state index contributed by atoms with van der Waals surface area (Å²) in [6, 6.07) is 0.856. The zero-order valence-electron chi connectivity index (χ0n) is 8.97. The highest BCUT2D eigenvalue weighted by Crippen LogP contribution is 2.03. The van der Waals surface area contributed by atoms with Crippen LogP contribution in [0.25, 0.3) is 0 Å². The smallest absolute Gasteiger partial charge is 0.257 e. The summed E-state index contributed by atoms with van der Waals surface area (Å²) in [5.74, 6) is -0.130. The van der Waals surface area contributed by atoms with Gasteiger partial charge in [-0.25, -0.2) is 0 Å². The standard InChI is InChI=1S/C9H10N6O2/c1-5(8-12-14-15-13-8)11-9(17)6-4-10-3-2-7(6)16/h2-5H,1H3,(H,10,16)(H,11,17)(H,12,13,14,15). The molecule has 1 unspecified atom stereocenters. The Morgan fingerprint density at radius 3 is 3.00 bits per heavy atom. The molecular weight excluding hydrogens is 224 g/mol. The van der Waals surface area contributed by atoms with E-state index in [1.54, 1.807) is 6.92 Å². The topological polar surface area (TPSA) is 116 Å². The summed E-state index contributed by atoms with van der Waals surface area (Å²) < 4.78 is 0. The number of H-pyrrole nitrogens is 2. The van der Waals surface area contributed by atoms with Gasteiger partial charge >= 0.3 is 0 Å². The summed E-state index contributed by atoms with van der Waals surface area (Å²) in [6.07, 6.45) is 2.81. The molecule has 2 aromatic heterocycles. The molecule has 8 nitrogen and oxygen atoms in total. The number of amides is 1. The van der Waals surface area contributed by atoms with E-state index in [9.17, 15) is 9.59 Å². The lowest BCUT2D eigenvalue weighted by molar-refractivity contribution is 0.0937. The van der Waals surface area contributed by atoms with E-state index in [2.05, 4.69) is 30.9 Å². The van der Waals surface area contributed by atoms with E-state index >= 15 is 0 Å². The van der Waals surface area contributed by atoms with Crippen molar-refractivity contribution in [2.75, 3.05) is 0 Å². The van der Waals surface area contributed by atoms with Crippen molar-refractivity contribution in [3.05, 3.63) is 40.1 Å². The number of carbonyl (C=O) groups excluding carboxylic acids is 1. The average Bonchev–Trinajstić information content (AvgIpc) is 2.82. The van der Waals surface area contributed by atoms with Crippen molar-refractivity contribution in [2.45, 2.75) is 13.0 Å². The Bertz CT molecular complexity index is 561. The fourth-order valence-corrected chi connectivity index (χ4v) is 1.29. The molecule has 3 N–H and O–H groups in total. The van der Waals surface area contributed by atoms with Crippen LogP contribution in [-0.2, 0) is 0 Å². The largest absolute Gasteiger partial charge is 0.367 e. The van der Waals surface area contributed by atoms with Crippen LogP contribution in [0.3, 0.4) is 0 Å². The zero-order valence-corrected chi connectivity index (χ0v) is 8.97. The molecule has 0 aromatic carbocycles. The second-order valence-corrected chi connectivity index (χ2v) is 3.39. The predicted molar refractivity (Wildman–Crippen MR) is 57.1 cm³/mol. The lowest BCUT2D eigenvalue weighted by Gasteiger charge is -2.08. The minimum atomic E-state index is -0.482. The Morgan fingerprint density at radius 1 is 1.53 bits per heavy atom. The number of aromatic nitrogens is 5. The third kappa shape index (κ3) is 2.36. The summed E-state index contributed by atoms with van der Waals surface area (Å²) in [6.45, 7) is 1.69. The van der Waals surface area contributed by atoms with Gasteiger partial charge in [0.05, 0.1) is 6.04 Å². The lowest BCUT2D eigenvalue weighted by Crippen LogP contribution is -2.31. The molecule has 88 valence electrons. The average molecular weight is 234 g/mol. The summed E-state index contributed by atoms with van der Waals surface area (Å²) in [5, 5.41) is 15.7. The molecule has 2 aromatic rings. The highest BCUT2D eigenvalue weighted by Gasteiger charge is 2.16. The first-order valence-corrected chi connectivity index (χ1v) is 4.90. The van der Waals surface area contributed by atoms with E-state index in [0.717, 1.165) is 0 Å². The maximum absolute atomic E-state index is 11.8. The van der Waals surface area contributed by atoms with Crippen molar-refractivity contribution in [1.82, 2.24) is 30.9 Å². The molecule has 0 aliphatic carbocycles. The third-order valence-corrected chi connectivity index (χ3v) is 2.17. The van der Waals surface area contributed by atoms with Gasteiger partial charge in [-0.1, -0.05) is 5.21 Å². The van der Waals surface area contributed by atoms with Crippen molar-refractivity contribution >= 4 is 5.91 Å². The van der Waals surface area contributed by atoms with Crippen molar-refractivity contribution in [3.63, 3.8) is 0 Å². The Balaban J connectivity index is 2.13. The first kappa shape index (κ1) is 11.0. The molecule has 0 spiro atoms. The van der Waals surface area contributed by atoms with Crippen LogP contribution in [0.2, 0.25) is 0 Å². The van der Waals surface area contributed by atoms with Crippen LogP contribution in [0.4, 0.5) is 0 Å². The van der Waals surface area contributed by atoms with Crippen molar-refractivity contribution in [2.24, 2.45) is 0 Å². The second kappa shape index (κ2) is 4.56. The van der Waals surface area contributed by atoms with Gasteiger partial charge in [-0.3, -0.25) is 9.59 Å². The van der Waals surface area contributed by atoms with Crippen LogP contribution in [0.5, 0.6) is 0 Å². The van der Waals surface area contributed by atoms with Crippen molar-refractivity contribution in [1.29, 1.82) is 0 Å². The summed E-state index contributed by atoms with van der Waals surface area (Å²) in [4.78, 5) is 25.8. The number of nitrogens with zero attached hydrogens (tertiary/aromatic N) is 3. The summed E-state index contributed by atoms with van der Waals surface area (Å²) in [5.41, 5.74) is -0.301. The minimum absolute atomic E-state index is 0.0443. The van der Waals surface area contributed by atoms with Gasteiger partial charge in [0, 0.05) is 18.5 Å². The van der Waals surface area contributed by atoms with Gasteiger partial charge in [0.15, 0.2) is 11.3 Å². The molecule has 8 heteroatoms. The SMILES string of the molecule is CC(NC(=O)c1c[nH]ccc1=O)c1nn[nH]n1. The van der Waals surface area contributed by atoms with Crippen LogP contribution in [0, 0.1) is 0 Å². The van der Waals surface area contributed by atoms with Gasteiger partial charge in [0.25, 0.3) is 5.91 Å². The van der Waals surface area contributed by atoms with E-state index in [-0.39, 0.29) is 11.0 Å². The maximum atomic E-state index is 11.8. The number of hydrogen-bond donors (Lipinski definition) is 3. The van der Waals surface area contributed by atoms with Gasteiger partial charge in [-0.05, 0) is 6.92 Å². The summed E-state index contributed by atoms with van der Waals surface area (Å²) in [7, 11) is 0. The van der Waals surface area contributed by atoms with E-state index in [1.165, 1.54) is 18.5 Å². The van der Waals surface area contributed by atoms with Crippen LogP contribution in [0.15, 0.2) is 23.3 Å². The van der Waals surface area contributed by atoms with Crippen LogP contribution in [0.1, 0.15) is 29.1 Å². The van der Waals surface area contributed by atoms with Gasteiger partial charge in [-0.15, -0.1) is 10.2 Å². The van der Waals surface area contributed by atoms with E-state index < -0.39 is 11.9 Å². The van der Waals surface area contributed by atoms with E-state index in [0.29, 0.717) is 5.82 Å². The lowest BCUT2D eigenvalue weighted by atomic mass is 10.2. The number of tetrazole rings is 1. The molecule has 0 fully saturated rings. The number of carbonyl (C=O) groups is 1. The number of hydrogen-bond acceptors (Lipinski definition) is 5. The Hall–Kier alpha value is -2.51. The van der Waals surface area contributed by atoms with Crippen LogP contribution >= 0.6 is 0 Å². The molecule has 1 atom stereocenters. The zero-order chi connectivity index (χ0) is 12.3. The molecule has 17 heavy (non-hydrogen) atoms. The number of aromatic amines is 2. The fraction of sp³-hybridized carbons (Fsp3) is 0.222. The monoisotopic (exact) mass is 234 g/mol.